The molecule has 1 aliphatic rings. The van der Waals surface area contributed by atoms with E-state index in [-0.39, 0.29) is 17.9 Å². The molecule has 4 nitrogen and oxygen atoms in total. The van der Waals surface area contributed by atoms with Gasteiger partial charge in [0.05, 0.1) is 17.2 Å². The maximum atomic E-state index is 12.4. The second-order valence-electron chi connectivity index (χ2n) is 5.50. The summed E-state index contributed by atoms with van der Waals surface area (Å²) in [5.41, 5.74) is 1.59. The van der Waals surface area contributed by atoms with Crippen LogP contribution in [0.25, 0.3) is 6.08 Å². The fourth-order valence-electron chi connectivity index (χ4n) is 2.34. The molecule has 1 aliphatic heterocycles. The van der Waals surface area contributed by atoms with E-state index in [0.29, 0.717) is 20.7 Å². The number of carbonyl (C=O) groups excluding carboxylic acids is 1. The summed E-state index contributed by atoms with van der Waals surface area (Å²) in [5.74, 6) is -0.733. The number of ether oxygens (including phenoxy) is 1. The first kappa shape index (κ1) is 19.7. The highest BCUT2D eigenvalue weighted by atomic mass is 79.9. The van der Waals surface area contributed by atoms with Crippen LogP contribution in [0, 0.1) is 0 Å². The van der Waals surface area contributed by atoms with Gasteiger partial charge < -0.3 is 9.84 Å². The van der Waals surface area contributed by atoms with Crippen LogP contribution in [0.3, 0.4) is 0 Å². The number of benzene rings is 2. The summed E-state index contributed by atoms with van der Waals surface area (Å²) in [4.78, 5) is 17.4. The van der Waals surface area contributed by atoms with Gasteiger partial charge in [0.25, 0.3) is 0 Å². The number of carbonyl (C=O) groups is 1. The summed E-state index contributed by atoms with van der Waals surface area (Å²) in [6, 6.07) is 14.5. The highest BCUT2D eigenvalue weighted by Gasteiger charge is 2.33. The molecule has 2 aromatic carbocycles. The van der Waals surface area contributed by atoms with Crippen molar-refractivity contribution in [3.05, 3.63) is 79.8 Å². The molecule has 0 saturated heterocycles. The van der Waals surface area contributed by atoms with Crippen LogP contribution >= 0.6 is 39.3 Å². The number of aliphatic hydroxyl groups is 1. The Hall–Kier alpha value is -2.02. The summed E-state index contributed by atoms with van der Waals surface area (Å²) in [6.45, 7) is 1.92. The molecule has 7 heteroatoms. The van der Waals surface area contributed by atoms with Crippen molar-refractivity contribution in [3.8, 4) is 0 Å². The summed E-state index contributed by atoms with van der Waals surface area (Å²) in [6.07, 6.45) is 1.80. The molecule has 1 heterocycles. The first-order valence-electron chi connectivity index (χ1n) is 8.08. The maximum Gasteiger partial charge on any atom is 0.344 e. The van der Waals surface area contributed by atoms with Crippen LogP contribution in [0.15, 0.2) is 74.2 Å². The van der Waals surface area contributed by atoms with E-state index < -0.39 is 5.97 Å². The second-order valence-corrected chi connectivity index (χ2v) is 7.88. The Kier molecular flexibility index (Phi) is 6.42. The standard InChI is InChI=1S/C20H15BrClNO3S/c1-2-26-20(25)17-18(24)16(11-12-3-5-13(21)6-4-12)27-19(17)23-15-9-7-14(22)8-10-15/h3-11,24H,2H2,1H3/b16-11-,23-19?. The number of rotatable bonds is 4. The van der Waals surface area contributed by atoms with Crippen LogP contribution < -0.4 is 0 Å². The first-order chi connectivity index (χ1) is 13.0. The Morgan fingerprint density at radius 1 is 1.22 bits per heavy atom. The Morgan fingerprint density at radius 3 is 2.52 bits per heavy atom. The Balaban J connectivity index is 2.02. The number of aliphatic imine (C=N–C) groups is 1. The van der Waals surface area contributed by atoms with Gasteiger partial charge in [-0.15, -0.1) is 0 Å². The minimum Gasteiger partial charge on any atom is -0.506 e. The van der Waals surface area contributed by atoms with Crippen molar-refractivity contribution in [1.82, 2.24) is 0 Å². The zero-order valence-corrected chi connectivity index (χ0v) is 17.4. The second kappa shape index (κ2) is 8.78. The fraction of sp³-hybridized carbons (Fsp3) is 0.100. The number of hydrogen-bond acceptors (Lipinski definition) is 5. The molecule has 0 amide bonds. The van der Waals surface area contributed by atoms with E-state index in [1.165, 1.54) is 11.8 Å². The van der Waals surface area contributed by atoms with Crippen LogP contribution in [0.2, 0.25) is 5.02 Å². The van der Waals surface area contributed by atoms with Gasteiger partial charge in [0, 0.05) is 9.50 Å². The predicted octanol–water partition coefficient (Wildman–Crippen LogP) is 6.30. The van der Waals surface area contributed by atoms with Gasteiger partial charge in [0.1, 0.15) is 16.4 Å². The van der Waals surface area contributed by atoms with Gasteiger partial charge >= 0.3 is 5.97 Å². The van der Waals surface area contributed by atoms with E-state index >= 15 is 0 Å². The number of aliphatic hydroxyl groups excluding tert-OH is 1. The number of thioether (sulfide) groups is 1. The van der Waals surface area contributed by atoms with E-state index in [0.717, 1.165) is 10.0 Å². The van der Waals surface area contributed by atoms with E-state index in [9.17, 15) is 9.90 Å². The zero-order valence-electron chi connectivity index (χ0n) is 14.3. The first-order valence-corrected chi connectivity index (χ1v) is 10.1. The summed E-state index contributed by atoms with van der Waals surface area (Å²) in [5, 5.41) is 11.6. The number of hydrogen-bond donors (Lipinski definition) is 1. The van der Waals surface area contributed by atoms with E-state index in [2.05, 4.69) is 20.9 Å². The van der Waals surface area contributed by atoms with Crippen LogP contribution in [0.4, 0.5) is 5.69 Å². The van der Waals surface area contributed by atoms with E-state index in [1.54, 1.807) is 37.3 Å². The van der Waals surface area contributed by atoms with Gasteiger partial charge in [0.2, 0.25) is 0 Å². The molecule has 0 aromatic heterocycles. The normalized spacial score (nSPS) is 17.0. The molecule has 138 valence electrons. The monoisotopic (exact) mass is 463 g/mol. The predicted molar refractivity (Wildman–Crippen MR) is 115 cm³/mol. The molecule has 0 aliphatic carbocycles. The summed E-state index contributed by atoms with van der Waals surface area (Å²) in [7, 11) is 0. The van der Waals surface area contributed by atoms with Gasteiger partial charge in [-0.05, 0) is 55.0 Å². The van der Waals surface area contributed by atoms with Crippen LogP contribution in [0.1, 0.15) is 12.5 Å². The highest BCUT2D eigenvalue weighted by Crippen LogP contribution is 2.40. The number of esters is 1. The maximum absolute atomic E-state index is 12.4. The van der Waals surface area contributed by atoms with Gasteiger partial charge in [0.15, 0.2) is 0 Å². The lowest BCUT2D eigenvalue weighted by molar-refractivity contribution is -0.138. The SMILES string of the molecule is CCOC(=O)C1=C(O)/C(=C/c2ccc(Br)cc2)SC1=Nc1ccc(Cl)cc1. The highest BCUT2D eigenvalue weighted by molar-refractivity contribution is 9.10. The molecular formula is C20H15BrClNO3S. The van der Waals surface area contributed by atoms with Crippen LogP contribution in [-0.4, -0.2) is 22.7 Å². The lowest BCUT2D eigenvalue weighted by atomic mass is 10.1. The van der Waals surface area contributed by atoms with Crippen molar-refractivity contribution in [2.45, 2.75) is 6.92 Å². The molecular weight excluding hydrogens is 450 g/mol. The van der Waals surface area contributed by atoms with Gasteiger partial charge in [-0.3, -0.25) is 0 Å². The smallest absolute Gasteiger partial charge is 0.344 e. The molecule has 0 saturated carbocycles. The van der Waals surface area contributed by atoms with Crippen molar-refractivity contribution in [3.63, 3.8) is 0 Å². The number of nitrogens with zero attached hydrogens (tertiary/aromatic N) is 1. The molecule has 27 heavy (non-hydrogen) atoms. The third kappa shape index (κ3) is 4.83. The van der Waals surface area contributed by atoms with Crippen LogP contribution in [-0.2, 0) is 9.53 Å². The molecule has 0 bridgehead atoms. The Morgan fingerprint density at radius 2 is 1.89 bits per heavy atom. The van der Waals surface area contributed by atoms with Crippen LogP contribution in [0.5, 0.6) is 0 Å². The molecule has 0 radical (unpaired) electrons. The lowest BCUT2D eigenvalue weighted by Gasteiger charge is -2.03. The zero-order chi connectivity index (χ0) is 19.4. The number of halogens is 2. The van der Waals surface area contributed by atoms with Crippen molar-refractivity contribution in [2.75, 3.05) is 6.61 Å². The van der Waals surface area contributed by atoms with Gasteiger partial charge in [-0.1, -0.05) is 51.4 Å². The van der Waals surface area contributed by atoms with Crippen molar-refractivity contribution in [1.29, 1.82) is 0 Å². The summed E-state index contributed by atoms with van der Waals surface area (Å²) < 4.78 is 6.05. The lowest BCUT2D eigenvalue weighted by Crippen LogP contribution is -2.12. The molecule has 1 N–H and O–H groups in total. The third-order valence-corrected chi connectivity index (χ3v) is 5.40. The minimum absolute atomic E-state index is 0.0696. The molecule has 2 aromatic rings. The van der Waals surface area contributed by atoms with E-state index in [1.807, 2.05) is 24.3 Å². The van der Waals surface area contributed by atoms with Crippen molar-refractivity contribution < 1.29 is 14.6 Å². The Labute approximate surface area is 174 Å². The van der Waals surface area contributed by atoms with Gasteiger partial charge in [-0.25, -0.2) is 9.79 Å². The average Bonchev–Trinajstić information content (AvgIpc) is 2.94. The van der Waals surface area contributed by atoms with Crippen molar-refractivity contribution >= 4 is 62.1 Å². The van der Waals surface area contributed by atoms with Crippen molar-refractivity contribution in [2.24, 2.45) is 4.99 Å². The van der Waals surface area contributed by atoms with E-state index in [4.69, 9.17) is 16.3 Å². The molecule has 0 unspecified atom stereocenters. The topological polar surface area (TPSA) is 58.9 Å². The quantitative estimate of drug-likeness (QED) is 0.540. The largest absolute Gasteiger partial charge is 0.506 e. The average molecular weight is 465 g/mol. The fourth-order valence-corrected chi connectivity index (χ4v) is 3.76. The Bertz CT molecular complexity index is 950. The molecule has 0 fully saturated rings. The third-order valence-electron chi connectivity index (χ3n) is 3.60. The minimum atomic E-state index is -0.602. The molecule has 0 spiro atoms. The molecule has 3 rings (SSSR count). The molecule has 0 atom stereocenters. The summed E-state index contributed by atoms with van der Waals surface area (Å²) >= 11 is 10.5. The van der Waals surface area contributed by atoms with Gasteiger partial charge in [-0.2, -0.15) is 0 Å².